The van der Waals surface area contributed by atoms with Crippen molar-refractivity contribution in [2.45, 2.75) is 84.5 Å². The minimum Gasteiger partial charge on any atom is -0.480 e. The molecule has 1 heterocycles. The van der Waals surface area contributed by atoms with E-state index in [0.717, 1.165) is 0 Å². The van der Waals surface area contributed by atoms with Crippen LogP contribution in [0.2, 0.25) is 0 Å². The van der Waals surface area contributed by atoms with Crippen LogP contribution in [-0.4, -0.2) is 64.4 Å². The van der Waals surface area contributed by atoms with Gasteiger partial charge in [-0.2, -0.15) is 0 Å². The Hall–Kier alpha value is -2.16. The first kappa shape index (κ1) is 24.9. The minimum absolute atomic E-state index is 0.200. The number of nitrogens with zero attached hydrogens (tertiary/aromatic N) is 1. The van der Waals surface area contributed by atoms with Gasteiger partial charge in [0.1, 0.15) is 18.1 Å². The summed E-state index contributed by atoms with van der Waals surface area (Å²) in [6, 6.07) is -3.27. The number of hydrogen-bond donors (Lipinski definition) is 4. The zero-order chi connectivity index (χ0) is 22.3. The van der Waals surface area contributed by atoms with Crippen molar-refractivity contribution in [3.05, 3.63) is 0 Å². The highest BCUT2D eigenvalue weighted by atomic mass is 16.4. The molecule has 5 atom stereocenters. The van der Waals surface area contributed by atoms with Crippen molar-refractivity contribution in [1.29, 1.82) is 0 Å². The highest BCUT2D eigenvalue weighted by Crippen LogP contribution is 2.20. The quantitative estimate of drug-likeness (QED) is 0.411. The number of nitrogens with two attached hydrogens (primary N) is 1. The third-order valence-corrected chi connectivity index (χ3v) is 5.40. The maximum absolute atomic E-state index is 12.9. The topological polar surface area (TPSA) is 142 Å². The number of aliphatic carboxylic acids is 1. The Labute approximate surface area is 172 Å². The average molecular weight is 413 g/mol. The molecular weight excluding hydrogens is 376 g/mol. The van der Waals surface area contributed by atoms with Gasteiger partial charge in [-0.3, -0.25) is 19.2 Å². The maximum atomic E-state index is 12.9. The van der Waals surface area contributed by atoms with Crippen LogP contribution in [0.25, 0.3) is 0 Å². The van der Waals surface area contributed by atoms with Crippen LogP contribution in [0.3, 0.4) is 0 Å². The van der Waals surface area contributed by atoms with Crippen LogP contribution in [-0.2, 0) is 19.2 Å². The number of carbonyl (C=O) groups excluding carboxylic acids is 3. The summed E-state index contributed by atoms with van der Waals surface area (Å²) in [5.41, 5.74) is 6.02. The van der Waals surface area contributed by atoms with Crippen LogP contribution in [0.15, 0.2) is 0 Å². The number of likely N-dealkylation sites (tertiary alicyclic amines) is 1. The third kappa shape index (κ3) is 6.99. The molecule has 166 valence electrons. The second-order valence-corrected chi connectivity index (χ2v) is 8.37. The molecule has 0 radical (unpaired) electrons. The number of carboxylic acid groups (broad SMARTS) is 1. The third-order valence-electron chi connectivity index (χ3n) is 5.40. The molecule has 9 nitrogen and oxygen atoms in total. The molecule has 0 aliphatic carbocycles. The van der Waals surface area contributed by atoms with Crippen LogP contribution in [0.1, 0.15) is 60.3 Å². The van der Waals surface area contributed by atoms with Gasteiger partial charge in [-0.05, 0) is 38.0 Å². The SMILES string of the molecule is CC[C@H](C)[C@H](NC(=O)[C@@H]1CCCN1C(=O)[C@@H](N)CC(C)C)C(=O)N[C@@H](C)C(=O)O. The van der Waals surface area contributed by atoms with Gasteiger partial charge < -0.3 is 26.4 Å². The van der Waals surface area contributed by atoms with Crippen LogP contribution in [0.4, 0.5) is 0 Å². The van der Waals surface area contributed by atoms with E-state index < -0.39 is 42.0 Å². The van der Waals surface area contributed by atoms with Gasteiger partial charge in [0.25, 0.3) is 0 Å². The van der Waals surface area contributed by atoms with Crippen molar-refractivity contribution in [3.63, 3.8) is 0 Å². The first-order chi connectivity index (χ1) is 13.5. The van der Waals surface area contributed by atoms with Crippen molar-refractivity contribution in [2.24, 2.45) is 17.6 Å². The smallest absolute Gasteiger partial charge is 0.325 e. The number of nitrogens with one attached hydrogen (secondary N) is 2. The summed E-state index contributed by atoms with van der Waals surface area (Å²) >= 11 is 0. The van der Waals surface area contributed by atoms with E-state index in [1.165, 1.54) is 11.8 Å². The zero-order valence-electron chi connectivity index (χ0n) is 18.1. The maximum Gasteiger partial charge on any atom is 0.325 e. The van der Waals surface area contributed by atoms with E-state index in [1.807, 2.05) is 27.7 Å². The molecule has 1 fully saturated rings. The Bertz CT molecular complexity index is 610. The van der Waals surface area contributed by atoms with Crippen molar-refractivity contribution in [3.8, 4) is 0 Å². The van der Waals surface area contributed by atoms with Gasteiger partial charge in [0, 0.05) is 6.54 Å². The lowest BCUT2D eigenvalue weighted by Gasteiger charge is -2.30. The van der Waals surface area contributed by atoms with Gasteiger partial charge in [-0.15, -0.1) is 0 Å². The molecule has 1 rings (SSSR count). The standard InChI is InChI=1S/C20H36N4O5/c1-6-12(4)16(18(26)22-13(5)20(28)29)23-17(25)15-8-7-9-24(15)19(27)14(21)10-11(2)3/h11-16H,6-10,21H2,1-5H3,(H,22,26)(H,23,25)(H,28,29)/t12-,13-,14-,15-,16-/m0/s1. The Morgan fingerprint density at radius 2 is 1.76 bits per heavy atom. The number of hydrogen-bond acceptors (Lipinski definition) is 5. The summed E-state index contributed by atoms with van der Waals surface area (Å²) in [7, 11) is 0. The first-order valence-corrected chi connectivity index (χ1v) is 10.4. The molecule has 0 unspecified atom stereocenters. The van der Waals surface area contributed by atoms with Crippen molar-refractivity contribution in [1.82, 2.24) is 15.5 Å². The molecule has 1 aliphatic rings. The molecule has 29 heavy (non-hydrogen) atoms. The molecule has 3 amide bonds. The monoisotopic (exact) mass is 412 g/mol. The molecule has 9 heteroatoms. The number of amides is 3. The lowest BCUT2D eigenvalue weighted by Crippen LogP contribution is -2.58. The molecule has 0 saturated carbocycles. The highest BCUT2D eigenvalue weighted by Gasteiger charge is 2.38. The fourth-order valence-corrected chi connectivity index (χ4v) is 3.44. The Morgan fingerprint density at radius 3 is 2.28 bits per heavy atom. The number of carbonyl (C=O) groups is 4. The van der Waals surface area contributed by atoms with Crippen molar-refractivity contribution in [2.75, 3.05) is 6.54 Å². The Kier molecular flexibility index (Phi) is 9.55. The normalized spacial score (nSPS) is 20.7. The first-order valence-electron chi connectivity index (χ1n) is 10.4. The number of rotatable bonds is 10. The molecule has 1 aliphatic heterocycles. The molecular formula is C20H36N4O5. The molecule has 0 bridgehead atoms. The van der Waals surface area contributed by atoms with Crippen molar-refractivity contribution >= 4 is 23.7 Å². The Morgan fingerprint density at radius 1 is 1.14 bits per heavy atom. The van der Waals surface area contributed by atoms with Crippen LogP contribution in [0, 0.1) is 11.8 Å². The van der Waals surface area contributed by atoms with Gasteiger partial charge in [0.2, 0.25) is 17.7 Å². The highest BCUT2D eigenvalue weighted by molar-refractivity contribution is 5.94. The summed E-state index contributed by atoms with van der Waals surface area (Å²) in [6.07, 6.45) is 2.35. The van der Waals surface area contributed by atoms with Gasteiger partial charge in [-0.25, -0.2) is 0 Å². The predicted octanol–water partition coefficient (Wildman–Crippen LogP) is 0.471. The second-order valence-electron chi connectivity index (χ2n) is 8.37. The van der Waals surface area contributed by atoms with Gasteiger partial charge in [-0.1, -0.05) is 34.1 Å². The van der Waals surface area contributed by atoms with E-state index in [4.69, 9.17) is 10.8 Å². The van der Waals surface area contributed by atoms with E-state index >= 15 is 0 Å². The van der Waals surface area contributed by atoms with E-state index in [2.05, 4.69) is 10.6 Å². The van der Waals surface area contributed by atoms with Gasteiger partial charge >= 0.3 is 5.97 Å². The fourth-order valence-electron chi connectivity index (χ4n) is 3.44. The number of carboxylic acids is 1. The Balaban J connectivity index is 2.88. The summed E-state index contributed by atoms with van der Waals surface area (Å²) < 4.78 is 0. The van der Waals surface area contributed by atoms with Gasteiger partial charge in [0.05, 0.1) is 6.04 Å². The van der Waals surface area contributed by atoms with Crippen LogP contribution >= 0.6 is 0 Å². The predicted molar refractivity (Wildman–Crippen MR) is 109 cm³/mol. The summed E-state index contributed by atoms with van der Waals surface area (Å²) in [4.78, 5) is 50.7. The zero-order valence-corrected chi connectivity index (χ0v) is 18.1. The second kappa shape index (κ2) is 11.1. The van der Waals surface area contributed by atoms with E-state index in [1.54, 1.807) is 0 Å². The molecule has 0 aromatic carbocycles. The summed E-state index contributed by atoms with van der Waals surface area (Å²) in [5, 5.41) is 14.2. The largest absolute Gasteiger partial charge is 0.480 e. The van der Waals surface area contributed by atoms with E-state index in [9.17, 15) is 19.2 Å². The molecule has 5 N–H and O–H groups in total. The minimum atomic E-state index is -1.15. The molecule has 0 aromatic rings. The lowest BCUT2D eigenvalue weighted by atomic mass is 9.97. The van der Waals surface area contributed by atoms with E-state index in [0.29, 0.717) is 32.2 Å². The van der Waals surface area contributed by atoms with Crippen LogP contribution in [0.5, 0.6) is 0 Å². The molecule has 0 spiro atoms. The van der Waals surface area contributed by atoms with E-state index in [-0.39, 0.29) is 17.7 Å². The summed E-state index contributed by atoms with van der Waals surface area (Å²) in [6.45, 7) is 9.48. The fraction of sp³-hybridized carbons (Fsp3) is 0.800. The van der Waals surface area contributed by atoms with Crippen LogP contribution < -0.4 is 16.4 Å². The average Bonchev–Trinajstić information content (AvgIpc) is 3.13. The molecule has 1 saturated heterocycles. The van der Waals surface area contributed by atoms with Gasteiger partial charge in [0.15, 0.2) is 0 Å². The molecule has 0 aromatic heterocycles. The lowest BCUT2D eigenvalue weighted by molar-refractivity contribution is -0.143. The van der Waals surface area contributed by atoms with Crippen molar-refractivity contribution < 1.29 is 24.3 Å². The summed E-state index contributed by atoms with van der Waals surface area (Å²) in [5.74, 6) is -2.29.